The summed E-state index contributed by atoms with van der Waals surface area (Å²) in [5, 5.41) is 3.33. The SMILES string of the molecule is CCCCCCCCCCOC(=O)C[N+]1(C)CCNCC1. The highest BCUT2D eigenvalue weighted by Crippen LogP contribution is 2.09. The molecule has 1 rings (SSSR count). The number of ether oxygens (including phenoxy) is 1. The third kappa shape index (κ3) is 9.10. The van der Waals surface area contributed by atoms with Crippen LogP contribution < -0.4 is 5.32 Å². The zero-order chi connectivity index (χ0) is 15.4. The monoisotopic (exact) mass is 299 g/mol. The molecule has 1 saturated heterocycles. The molecule has 4 nitrogen and oxygen atoms in total. The van der Waals surface area contributed by atoms with Crippen molar-refractivity contribution < 1.29 is 14.0 Å². The molecule has 0 aromatic carbocycles. The molecule has 0 spiro atoms. The van der Waals surface area contributed by atoms with Crippen molar-refractivity contribution in [3.05, 3.63) is 0 Å². The molecular weight excluding hydrogens is 264 g/mol. The Hall–Kier alpha value is -0.610. The highest BCUT2D eigenvalue weighted by Gasteiger charge is 2.28. The van der Waals surface area contributed by atoms with E-state index in [-0.39, 0.29) is 5.97 Å². The van der Waals surface area contributed by atoms with Crippen molar-refractivity contribution in [3.63, 3.8) is 0 Å². The number of quaternary nitrogens is 1. The highest BCUT2D eigenvalue weighted by molar-refractivity contribution is 5.70. The average Bonchev–Trinajstić information content (AvgIpc) is 2.46. The minimum Gasteiger partial charge on any atom is -0.462 e. The summed E-state index contributed by atoms with van der Waals surface area (Å²) in [6.07, 6.45) is 10.2. The number of esters is 1. The quantitative estimate of drug-likeness (QED) is 0.362. The van der Waals surface area contributed by atoms with Crippen LogP contribution in [0.3, 0.4) is 0 Å². The van der Waals surface area contributed by atoms with Crippen LogP contribution in [0.15, 0.2) is 0 Å². The van der Waals surface area contributed by atoms with Crippen molar-refractivity contribution in [2.45, 2.75) is 58.3 Å². The number of carbonyl (C=O) groups excluding carboxylic acids is 1. The molecule has 1 aliphatic heterocycles. The first-order valence-electron chi connectivity index (χ1n) is 8.86. The smallest absolute Gasteiger partial charge is 0.361 e. The Balaban J connectivity index is 1.93. The number of hydrogen-bond donors (Lipinski definition) is 1. The summed E-state index contributed by atoms with van der Waals surface area (Å²) in [7, 11) is 2.15. The molecule has 0 saturated carbocycles. The molecule has 1 fully saturated rings. The van der Waals surface area contributed by atoms with Crippen LogP contribution in [-0.4, -0.2) is 56.8 Å². The van der Waals surface area contributed by atoms with Crippen LogP contribution in [-0.2, 0) is 9.53 Å². The van der Waals surface area contributed by atoms with Crippen LogP contribution in [0.25, 0.3) is 0 Å². The molecule has 1 aliphatic rings. The van der Waals surface area contributed by atoms with Gasteiger partial charge in [0.2, 0.25) is 0 Å². The normalized spacial score (nSPS) is 17.6. The van der Waals surface area contributed by atoms with Gasteiger partial charge in [0.15, 0.2) is 6.54 Å². The van der Waals surface area contributed by atoms with E-state index < -0.39 is 0 Å². The van der Waals surface area contributed by atoms with Crippen LogP contribution >= 0.6 is 0 Å². The molecule has 0 aliphatic carbocycles. The molecule has 4 heteroatoms. The van der Waals surface area contributed by atoms with E-state index in [0.29, 0.717) is 13.2 Å². The second-order valence-electron chi connectivity index (χ2n) is 6.67. The van der Waals surface area contributed by atoms with Gasteiger partial charge >= 0.3 is 5.97 Å². The van der Waals surface area contributed by atoms with Gasteiger partial charge < -0.3 is 14.5 Å². The first-order valence-corrected chi connectivity index (χ1v) is 8.86. The Labute approximate surface area is 130 Å². The second kappa shape index (κ2) is 11.0. The molecule has 0 radical (unpaired) electrons. The second-order valence-corrected chi connectivity index (χ2v) is 6.67. The summed E-state index contributed by atoms with van der Waals surface area (Å²) >= 11 is 0. The van der Waals surface area contributed by atoms with E-state index in [4.69, 9.17) is 4.74 Å². The lowest BCUT2D eigenvalue weighted by molar-refractivity contribution is -0.904. The van der Waals surface area contributed by atoms with Crippen molar-refractivity contribution in [2.24, 2.45) is 0 Å². The molecular formula is C17H35N2O2+. The number of carbonyl (C=O) groups is 1. The molecule has 0 unspecified atom stereocenters. The van der Waals surface area contributed by atoms with Crippen molar-refractivity contribution in [3.8, 4) is 0 Å². The largest absolute Gasteiger partial charge is 0.462 e. The van der Waals surface area contributed by atoms with E-state index in [1.54, 1.807) is 0 Å². The van der Waals surface area contributed by atoms with E-state index in [1.807, 2.05) is 0 Å². The van der Waals surface area contributed by atoms with E-state index >= 15 is 0 Å². The van der Waals surface area contributed by atoms with Gasteiger partial charge in [-0.05, 0) is 6.42 Å². The molecule has 0 aromatic heterocycles. The molecule has 0 atom stereocenters. The van der Waals surface area contributed by atoms with E-state index in [1.165, 1.54) is 44.9 Å². The minimum atomic E-state index is -0.0256. The predicted molar refractivity (Wildman–Crippen MR) is 87.2 cm³/mol. The van der Waals surface area contributed by atoms with Gasteiger partial charge in [0.05, 0.1) is 26.7 Å². The fourth-order valence-corrected chi connectivity index (χ4v) is 2.87. The fourth-order valence-electron chi connectivity index (χ4n) is 2.87. The van der Waals surface area contributed by atoms with Crippen LogP contribution in [0, 0.1) is 0 Å². The maximum Gasteiger partial charge on any atom is 0.361 e. The Kier molecular flexibility index (Phi) is 9.68. The van der Waals surface area contributed by atoms with E-state index in [2.05, 4.69) is 19.3 Å². The minimum absolute atomic E-state index is 0.0256. The molecule has 124 valence electrons. The summed E-state index contributed by atoms with van der Waals surface area (Å²) in [6, 6.07) is 0. The average molecular weight is 299 g/mol. The number of likely N-dealkylation sites (N-methyl/N-ethyl adjacent to an activating group) is 1. The zero-order valence-corrected chi connectivity index (χ0v) is 14.2. The molecule has 1 heterocycles. The third-order valence-electron chi connectivity index (χ3n) is 4.43. The Morgan fingerprint density at radius 1 is 1.00 bits per heavy atom. The maximum absolute atomic E-state index is 11.9. The maximum atomic E-state index is 11.9. The van der Waals surface area contributed by atoms with Gasteiger partial charge in [-0.25, -0.2) is 4.79 Å². The number of rotatable bonds is 11. The predicted octanol–water partition coefficient (Wildman–Crippen LogP) is 2.72. The molecule has 1 N–H and O–H groups in total. The third-order valence-corrected chi connectivity index (χ3v) is 4.43. The van der Waals surface area contributed by atoms with Crippen LogP contribution in [0.1, 0.15) is 58.3 Å². The highest BCUT2D eigenvalue weighted by atomic mass is 16.5. The summed E-state index contributed by atoms with van der Waals surface area (Å²) in [5.74, 6) is -0.0256. The lowest BCUT2D eigenvalue weighted by atomic mass is 10.1. The van der Waals surface area contributed by atoms with E-state index in [9.17, 15) is 4.79 Å². The Morgan fingerprint density at radius 3 is 2.19 bits per heavy atom. The van der Waals surface area contributed by atoms with Gasteiger partial charge in [-0.3, -0.25) is 0 Å². The number of piperazine rings is 1. The number of nitrogens with one attached hydrogen (secondary N) is 1. The fraction of sp³-hybridized carbons (Fsp3) is 0.941. The number of nitrogens with zero attached hydrogens (tertiary/aromatic N) is 1. The molecule has 0 amide bonds. The van der Waals surface area contributed by atoms with E-state index in [0.717, 1.165) is 37.1 Å². The lowest BCUT2D eigenvalue weighted by Gasteiger charge is -2.36. The lowest BCUT2D eigenvalue weighted by Crippen LogP contribution is -2.58. The molecule has 0 bridgehead atoms. The summed E-state index contributed by atoms with van der Waals surface area (Å²) in [4.78, 5) is 11.9. The molecule has 21 heavy (non-hydrogen) atoms. The zero-order valence-electron chi connectivity index (χ0n) is 14.2. The topological polar surface area (TPSA) is 38.3 Å². The van der Waals surface area contributed by atoms with Crippen LogP contribution in [0.2, 0.25) is 0 Å². The first kappa shape index (κ1) is 18.4. The van der Waals surface area contributed by atoms with Crippen molar-refractivity contribution in [1.82, 2.24) is 5.32 Å². The van der Waals surface area contributed by atoms with Gasteiger partial charge in [0.1, 0.15) is 0 Å². The summed E-state index contributed by atoms with van der Waals surface area (Å²) in [5.41, 5.74) is 0. The van der Waals surface area contributed by atoms with Crippen molar-refractivity contribution >= 4 is 5.97 Å². The van der Waals surface area contributed by atoms with Gasteiger partial charge in [-0.1, -0.05) is 51.9 Å². The Bertz CT molecular complexity index is 276. The standard InChI is InChI=1S/C17H35N2O2/c1-3-4-5-6-7-8-9-10-15-21-17(20)16-19(2)13-11-18-12-14-19/h18H,3-16H2,1-2H3/q+1. The molecule has 0 aromatic rings. The van der Waals surface area contributed by atoms with Crippen LogP contribution in [0.5, 0.6) is 0 Å². The van der Waals surface area contributed by atoms with Crippen LogP contribution in [0.4, 0.5) is 0 Å². The summed E-state index contributed by atoms with van der Waals surface area (Å²) in [6.45, 7) is 7.42. The van der Waals surface area contributed by atoms with Gasteiger partial charge in [0, 0.05) is 13.1 Å². The van der Waals surface area contributed by atoms with Gasteiger partial charge in [0.25, 0.3) is 0 Å². The van der Waals surface area contributed by atoms with Gasteiger partial charge in [-0.2, -0.15) is 0 Å². The van der Waals surface area contributed by atoms with Crippen molar-refractivity contribution in [2.75, 3.05) is 46.4 Å². The van der Waals surface area contributed by atoms with Gasteiger partial charge in [-0.15, -0.1) is 0 Å². The van der Waals surface area contributed by atoms with Crippen molar-refractivity contribution in [1.29, 1.82) is 0 Å². The first-order chi connectivity index (χ1) is 10.2. The number of unbranched alkanes of at least 4 members (excludes halogenated alkanes) is 7. The Morgan fingerprint density at radius 2 is 1.57 bits per heavy atom. The summed E-state index contributed by atoms with van der Waals surface area (Å²) < 4.78 is 6.20. The number of hydrogen-bond acceptors (Lipinski definition) is 3.